The molecule has 0 aliphatic rings. The Hall–Kier alpha value is -0.910. The fraction of sp³-hybridized carbons (Fsp3) is 0.333. The highest BCUT2D eigenvalue weighted by molar-refractivity contribution is 5.85. The van der Waals surface area contributed by atoms with Gasteiger partial charge in [-0.05, 0) is 25.1 Å². The van der Waals surface area contributed by atoms with Crippen LogP contribution < -0.4 is 11.5 Å². The molecule has 0 fully saturated rings. The van der Waals surface area contributed by atoms with Crippen LogP contribution in [0.3, 0.4) is 0 Å². The van der Waals surface area contributed by atoms with Crippen molar-refractivity contribution in [1.82, 2.24) is 0 Å². The fourth-order valence-electron chi connectivity index (χ4n) is 1.23. The van der Waals surface area contributed by atoms with Crippen molar-refractivity contribution >= 4 is 12.4 Å². The number of hydrogen-bond acceptors (Lipinski definition) is 3. The first-order valence-electron chi connectivity index (χ1n) is 4.20. The molecule has 3 nitrogen and oxygen atoms in total. The van der Waals surface area contributed by atoms with Gasteiger partial charge in [-0.15, -0.1) is 12.4 Å². The summed E-state index contributed by atoms with van der Waals surface area (Å²) in [6.07, 6.45) is 0.286. The van der Waals surface area contributed by atoms with Crippen molar-refractivity contribution in [1.29, 1.82) is 0 Å². The van der Waals surface area contributed by atoms with E-state index in [-0.39, 0.29) is 30.9 Å². The van der Waals surface area contributed by atoms with Crippen LogP contribution in [-0.4, -0.2) is 11.7 Å². The van der Waals surface area contributed by atoms with Crippen LogP contribution in [0, 0.1) is 11.6 Å². The van der Waals surface area contributed by atoms with Gasteiger partial charge in [0.05, 0.1) is 0 Å². The van der Waals surface area contributed by atoms with E-state index in [9.17, 15) is 13.9 Å². The molecule has 0 bridgehead atoms. The van der Waals surface area contributed by atoms with Crippen LogP contribution in [0.5, 0.6) is 5.75 Å². The Balaban J connectivity index is 0.00000196. The molecule has 15 heavy (non-hydrogen) atoms. The van der Waals surface area contributed by atoms with Crippen LogP contribution in [0.2, 0.25) is 0 Å². The lowest BCUT2D eigenvalue weighted by Crippen LogP contribution is -2.17. The third-order valence-corrected chi connectivity index (χ3v) is 1.96. The van der Waals surface area contributed by atoms with Gasteiger partial charge in [0.2, 0.25) is 0 Å². The van der Waals surface area contributed by atoms with Gasteiger partial charge in [0.25, 0.3) is 0 Å². The summed E-state index contributed by atoms with van der Waals surface area (Å²) in [6.45, 7) is 0.247. The first-order chi connectivity index (χ1) is 6.57. The summed E-state index contributed by atoms with van der Waals surface area (Å²) in [7, 11) is 0. The average molecular weight is 239 g/mol. The maximum Gasteiger partial charge on any atom is 0.165 e. The molecule has 86 valence electrons. The highest BCUT2D eigenvalue weighted by Gasteiger charge is 2.18. The largest absolute Gasteiger partial charge is 0.505 e. The Morgan fingerprint density at radius 1 is 1.27 bits per heavy atom. The summed E-state index contributed by atoms with van der Waals surface area (Å²) in [5.41, 5.74) is 10.5. The minimum absolute atomic E-state index is 0. The third kappa shape index (κ3) is 3.02. The van der Waals surface area contributed by atoms with E-state index in [2.05, 4.69) is 0 Å². The molecule has 0 radical (unpaired) electrons. The fourth-order valence-corrected chi connectivity index (χ4v) is 1.23. The van der Waals surface area contributed by atoms with Crippen LogP contribution in [0.25, 0.3) is 0 Å². The molecule has 0 aromatic heterocycles. The molecule has 1 rings (SSSR count). The van der Waals surface area contributed by atoms with E-state index in [1.807, 2.05) is 0 Å². The van der Waals surface area contributed by atoms with E-state index in [0.29, 0.717) is 0 Å². The first kappa shape index (κ1) is 14.1. The zero-order valence-corrected chi connectivity index (χ0v) is 8.73. The topological polar surface area (TPSA) is 72.3 Å². The van der Waals surface area contributed by atoms with Crippen LogP contribution >= 0.6 is 12.4 Å². The molecule has 0 spiro atoms. The smallest absolute Gasteiger partial charge is 0.165 e. The van der Waals surface area contributed by atoms with Crippen molar-refractivity contribution in [2.24, 2.45) is 11.5 Å². The highest BCUT2D eigenvalue weighted by atomic mass is 35.5. The van der Waals surface area contributed by atoms with Crippen molar-refractivity contribution in [3.63, 3.8) is 0 Å². The van der Waals surface area contributed by atoms with Gasteiger partial charge in [0.1, 0.15) is 5.82 Å². The van der Waals surface area contributed by atoms with E-state index in [1.165, 1.54) is 0 Å². The Bertz CT molecular complexity index is 336. The minimum Gasteiger partial charge on any atom is -0.505 e. The summed E-state index contributed by atoms with van der Waals surface area (Å²) in [6, 6.07) is 1.00. The van der Waals surface area contributed by atoms with E-state index in [0.717, 1.165) is 12.1 Å². The Labute approximate surface area is 92.5 Å². The summed E-state index contributed by atoms with van der Waals surface area (Å²) >= 11 is 0. The van der Waals surface area contributed by atoms with E-state index in [1.54, 1.807) is 0 Å². The predicted molar refractivity (Wildman–Crippen MR) is 55.9 cm³/mol. The maximum atomic E-state index is 13.2. The molecule has 1 atom stereocenters. The van der Waals surface area contributed by atoms with Gasteiger partial charge >= 0.3 is 0 Å². The number of benzene rings is 1. The standard InChI is InChI=1S/C9H12F2N2O.ClH/c10-5-1-2-6(11)9(14)8(5)7(13)3-4-12;/h1-2,7,14H,3-4,12-13H2;1H/t7-;/m0./s1. The molecule has 0 aliphatic carbocycles. The average Bonchev–Trinajstić information content (AvgIpc) is 2.13. The van der Waals surface area contributed by atoms with Crippen molar-refractivity contribution in [2.75, 3.05) is 6.54 Å². The summed E-state index contributed by atoms with van der Waals surface area (Å²) in [5.74, 6) is -2.33. The maximum absolute atomic E-state index is 13.2. The number of halogens is 3. The molecule has 0 amide bonds. The van der Waals surface area contributed by atoms with Gasteiger partial charge in [-0.2, -0.15) is 0 Å². The first-order valence-corrected chi connectivity index (χ1v) is 4.20. The molecule has 0 heterocycles. The van der Waals surface area contributed by atoms with Gasteiger partial charge < -0.3 is 16.6 Å². The molecule has 0 unspecified atom stereocenters. The van der Waals surface area contributed by atoms with Gasteiger partial charge in [0, 0.05) is 11.6 Å². The number of hydrogen-bond donors (Lipinski definition) is 3. The van der Waals surface area contributed by atoms with Crippen LogP contribution in [-0.2, 0) is 0 Å². The molecular weight excluding hydrogens is 226 g/mol. The molecule has 0 saturated heterocycles. The van der Waals surface area contributed by atoms with E-state index < -0.39 is 23.4 Å². The van der Waals surface area contributed by atoms with Gasteiger partial charge in [0.15, 0.2) is 11.6 Å². The Morgan fingerprint density at radius 2 is 1.80 bits per heavy atom. The quantitative estimate of drug-likeness (QED) is 0.746. The SMILES string of the molecule is Cl.NCC[C@H](N)c1c(F)ccc(F)c1O. The lowest BCUT2D eigenvalue weighted by Gasteiger charge is -2.13. The lowest BCUT2D eigenvalue weighted by molar-refractivity contribution is 0.408. The number of nitrogens with two attached hydrogens (primary N) is 2. The molecule has 6 heteroatoms. The zero-order chi connectivity index (χ0) is 10.7. The van der Waals surface area contributed by atoms with E-state index >= 15 is 0 Å². The second kappa shape index (κ2) is 5.85. The van der Waals surface area contributed by atoms with Crippen LogP contribution in [0.1, 0.15) is 18.0 Å². The Kier molecular flexibility index (Phi) is 5.49. The van der Waals surface area contributed by atoms with Gasteiger partial charge in [-0.25, -0.2) is 8.78 Å². The summed E-state index contributed by atoms with van der Waals surface area (Å²) in [4.78, 5) is 0. The number of aromatic hydroxyl groups is 1. The summed E-state index contributed by atoms with van der Waals surface area (Å²) in [5, 5.41) is 9.24. The Morgan fingerprint density at radius 3 is 2.33 bits per heavy atom. The van der Waals surface area contributed by atoms with Crippen molar-refractivity contribution in [2.45, 2.75) is 12.5 Å². The number of phenols is 1. The molecule has 1 aromatic rings. The van der Waals surface area contributed by atoms with Gasteiger partial charge in [-0.3, -0.25) is 0 Å². The molecule has 1 aromatic carbocycles. The lowest BCUT2D eigenvalue weighted by atomic mass is 10.0. The second-order valence-corrected chi connectivity index (χ2v) is 2.98. The molecule has 5 N–H and O–H groups in total. The van der Waals surface area contributed by atoms with Crippen molar-refractivity contribution in [3.05, 3.63) is 29.3 Å². The normalized spacial score (nSPS) is 12.0. The highest BCUT2D eigenvalue weighted by Crippen LogP contribution is 2.29. The van der Waals surface area contributed by atoms with E-state index in [4.69, 9.17) is 11.5 Å². The third-order valence-electron chi connectivity index (χ3n) is 1.96. The zero-order valence-electron chi connectivity index (χ0n) is 7.91. The molecule has 0 aliphatic heterocycles. The minimum atomic E-state index is -0.881. The van der Waals surface area contributed by atoms with Gasteiger partial charge in [-0.1, -0.05) is 0 Å². The molecular formula is C9H13ClF2N2O. The predicted octanol–water partition coefficient (Wildman–Crippen LogP) is 1.44. The summed E-state index contributed by atoms with van der Waals surface area (Å²) < 4.78 is 26.0. The van der Waals surface area contributed by atoms with Crippen molar-refractivity contribution < 1.29 is 13.9 Å². The van der Waals surface area contributed by atoms with Crippen LogP contribution in [0.4, 0.5) is 8.78 Å². The van der Waals surface area contributed by atoms with Crippen LogP contribution in [0.15, 0.2) is 12.1 Å². The monoisotopic (exact) mass is 238 g/mol. The van der Waals surface area contributed by atoms with Crippen molar-refractivity contribution in [3.8, 4) is 5.75 Å². The number of rotatable bonds is 3. The molecule has 0 saturated carbocycles. The number of phenolic OH excluding ortho intramolecular Hbond substituents is 1. The second-order valence-electron chi connectivity index (χ2n) is 2.98.